The van der Waals surface area contributed by atoms with Crippen LogP contribution >= 0.6 is 0 Å². The topological polar surface area (TPSA) is 20.2 Å². The van der Waals surface area contributed by atoms with Gasteiger partial charge in [0.05, 0.1) is 0 Å². The first kappa shape index (κ1) is 11.2. The molecule has 0 saturated heterocycles. The van der Waals surface area contributed by atoms with Crippen LogP contribution in [0.15, 0.2) is 36.4 Å². The van der Waals surface area contributed by atoms with Crippen LogP contribution in [0.4, 0.5) is 0 Å². The van der Waals surface area contributed by atoms with Crippen LogP contribution in [-0.4, -0.2) is 14.6 Å². The van der Waals surface area contributed by atoms with E-state index in [0.29, 0.717) is 0 Å². The molecule has 0 fully saturated rings. The third-order valence-electron chi connectivity index (χ3n) is 2.26. The lowest BCUT2D eigenvalue weighted by atomic mass is 10.1. The molecular formula is C12H18OSi. The summed E-state index contributed by atoms with van der Waals surface area (Å²) in [5.41, 5.74) is 1.19. The van der Waals surface area contributed by atoms with Gasteiger partial charge in [0.15, 0.2) is 9.76 Å². The van der Waals surface area contributed by atoms with E-state index in [2.05, 4.69) is 25.1 Å². The first-order valence-electron chi connectivity index (χ1n) is 5.23. The molecule has 1 aromatic carbocycles. The predicted octanol–water partition coefficient (Wildman–Crippen LogP) is 2.29. The van der Waals surface area contributed by atoms with Crippen LogP contribution in [0.1, 0.15) is 31.7 Å². The van der Waals surface area contributed by atoms with E-state index < -0.39 is 9.76 Å². The van der Waals surface area contributed by atoms with Crippen LogP contribution in [0.2, 0.25) is 0 Å². The Morgan fingerprint density at radius 3 is 2.64 bits per heavy atom. The van der Waals surface area contributed by atoms with Crippen LogP contribution in [0, 0.1) is 0 Å². The van der Waals surface area contributed by atoms with Crippen LogP contribution in [0.3, 0.4) is 0 Å². The van der Waals surface area contributed by atoms with Crippen LogP contribution in [0.5, 0.6) is 0 Å². The van der Waals surface area contributed by atoms with E-state index in [1.807, 2.05) is 18.2 Å². The number of hydrogen-bond donors (Lipinski definition) is 1. The Bertz CT molecular complexity index is 280. The molecule has 1 N–H and O–H groups in total. The molecule has 1 nitrogen and oxygen atoms in total. The molecule has 0 aliphatic carbocycles. The molecule has 0 amide bonds. The molecule has 0 unspecified atom stereocenters. The third kappa shape index (κ3) is 3.48. The highest BCUT2D eigenvalue weighted by Gasteiger charge is 1.98. The van der Waals surface area contributed by atoms with Gasteiger partial charge in [-0.25, -0.2) is 0 Å². The van der Waals surface area contributed by atoms with Crippen molar-refractivity contribution in [3.63, 3.8) is 0 Å². The first-order chi connectivity index (χ1) is 6.88. The fourth-order valence-electron chi connectivity index (χ4n) is 1.41. The van der Waals surface area contributed by atoms with Crippen molar-refractivity contribution in [1.29, 1.82) is 0 Å². The maximum absolute atomic E-state index is 9.35. The summed E-state index contributed by atoms with van der Waals surface area (Å²) >= 11 is 0. The minimum atomic E-state index is -1.04. The minimum Gasteiger partial charge on any atom is -0.433 e. The molecule has 0 heterocycles. The lowest BCUT2D eigenvalue weighted by molar-refractivity contribution is 0.616. The second-order valence-electron chi connectivity index (χ2n) is 3.40. The van der Waals surface area contributed by atoms with Crippen molar-refractivity contribution in [3.05, 3.63) is 42.0 Å². The largest absolute Gasteiger partial charge is 0.433 e. The Kier molecular flexibility index (Phi) is 5.26. The molecule has 1 rings (SSSR count). The Morgan fingerprint density at radius 2 is 2.07 bits per heavy atom. The fourth-order valence-corrected chi connectivity index (χ4v) is 2.16. The van der Waals surface area contributed by atoms with Gasteiger partial charge >= 0.3 is 0 Å². The van der Waals surface area contributed by atoms with Gasteiger partial charge in [-0.2, -0.15) is 0 Å². The van der Waals surface area contributed by atoms with Crippen molar-refractivity contribution in [1.82, 2.24) is 0 Å². The van der Waals surface area contributed by atoms with Crippen molar-refractivity contribution in [2.45, 2.75) is 26.2 Å². The minimum absolute atomic E-state index is 1.04. The number of hydrogen-bond acceptors (Lipinski definition) is 1. The maximum atomic E-state index is 9.35. The highest BCUT2D eigenvalue weighted by Crippen LogP contribution is 2.13. The molecular weight excluding hydrogens is 188 g/mol. The van der Waals surface area contributed by atoms with Gasteiger partial charge in [-0.3, -0.25) is 0 Å². The summed E-state index contributed by atoms with van der Waals surface area (Å²) in [5.74, 6) is 0. The zero-order chi connectivity index (χ0) is 10.2. The Labute approximate surface area is 88.4 Å². The van der Waals surface area contributed by atoms with Gasteiger partial charge in [0, 0.05) is 0 Å². The van der Waals surface area contributed by atoms with Crippen molar-refractivity contribution < 1.29 is 4.80 Å². The molecule has 0 atom stereocenters. The average molecular weight is 206 g/mol. The quantitative estimate of drug-likeness (QED) is 0.579. The van der Waals surface area contributed by atoms with E-state index in [9.17, 15) is 4.80 Å². The molecule has 0 bridgehead atoms. The van der Waals surface area contributed by atoms with E-state index in [1.54, 1.807) is 0 Å². The standard InChI is InChI=1S/C12H18OSi/c1-2-3-5-10-12(14-13)11-8-6-4-7-9-11/h4,6-10,13H,2-3,5,14H2,1H3. The monoisotopic (exact) mass is 206 g/mol. The molecule has 14 heavy (non-hydrogen) atoms. The summed E-state index contributed by atoms with van der Waals surface area (Å²) in [4.78, 5) is 9.35. The van der Waals surface area contributed by atoms with Gasteiger partial charge in [-0.1, -0.05) is 56.2 Å². The summed E-state index contributed by atoms with van der Waals surface area (Å²) < 4.78 is 0. The molecule has 1 aromatic rings. The van der Waals surface area contributed by atoms with Crippen LogP contribution in [0.25, 0.3) is 5.20 Å². The van der Waals surface area contributed by atoms with E-state index >= 15 is 0 Å². The van der Waals surface area contributed by atoms with Gasteiger partial charge in [0.2, 0.25) is 0 Å². The zero-order valence-corrected chi connectivity index (χ0v) is 10.2. The lowest BCUT2D eigenvalue weighted by Gasteiger charge is -2.03. The van der Waals surface area contributed by atoms with Crippen molar-refractivity contribution >= 4 is 15.0 Å². The van der Waals surface area contributed by atoms with Gasteiger partial charge in [0.1, 0.15) is 0 Å². The Hall–Kier alpha value is -0.863. The smallest absolute Gasteiger partial charge is 0.188 e. The summed E-state index contributed by atoms with van der Waals surface area (Å²) in [7, 11) is -1.04. The summed E-state index contributed by atoms with van der Waals surface area (Å²) in [5, 5.41) is 1.18. The second kappa shape index (κ2) is 6.57. The number of benzene rings is 1. The highest BCUT2D eigenvalue weighted by molar-refractivity contribution is 6.53. The zero-order valence-electron chi connectivity index (χ0n) is 8.74. The molecule has 0 radical (unpaired) electrons. The van der Waals surface area contributed by atoms with E-state index in [-0.39, 0.29) is 0 Å². The van der Waals surface area contributed by atoms with Gasteiger partial charge in [-0.05, 0) is 17.2 Å². The summed E-state index contributed by atoms with van der Waals surface area (Å²) in [6, 6.07) is 10.2. The van der Waals surface area contributed by atoms with Gasteiger partial charge < -0.3 is 4.80 Å². The van der Waals surface area contributed by atoms with Gasteiger partial charge in [0.25, 0.3) is 0 Å². The second-order valence-corrected chi connectivity index (χ2v) is 4.47. The number of rotatable bonds is 5. The third-order valence-corrected chi connectivity index (χ3v) is 3.30. The van der Waals surface area contributed by atoms with Crippen molar-refractivity contribution in [3.8, 4) is 0 Å². The lowest BCUT2D eigenvalue weighted by Crippen LogP contribution is -1.94. The summed E-state index contributed by atoms with van der Waals surface area (Å²) in [6.45, 7) is 2.19. The van der Waals surface area contributed by atoms with Crippen LogP contribution in [-0.2, 0) is 0 Å². The molecule has 0 aromatic heterocycles. The maximum Gasteiger partial charge on any atom is 0.188 e. The summed E-state index contributed by atoms with van der Waals surface area (Å²) in [6.07, 6.45) is 5.72. The SMILES string of the molecule is CCCCC=C([SiH2]O)c1ccccc1. The fraction of sp³-hybridized carbons (Fsp3) is 0.333. The molecule has 0 aliphatic rings. The molecule has 0 saturated carbocycles. The van der Waals surface area contributed by atoms with Gasteiger partial charge in [-0.15, -0.1) is 0 Å². The average Bonchev–Trinajstić information content (AvgIpc) is 2.26. The first-order valence-corrected chi connectivity index (χ1v) is 6.57. The Balaban J connectivity index is 2.67. The highest BCUT2D eigenvalue weighted by atomic mass is 28.2. The van der Waals surface area contributed by atoms with Crippen LogP contribution < -0.4 is 0 Å². The van der Waals surface area contributed by atoms with Crippen molar-refractivity contribution in [2.75, 3.05) is 0 Å². The molecule has 2 heteroatoms. The van der Waals surface area contributed by atoms with E-state index in [4.69, 9.17) is 0 Å². The van der Waals surface area contributed by atoms with E-state index in [1.165, 1.54) is 23.6 Å². The van der Waals surface area contributed by atoms with Crippen molar-refractivity contribution in [2.24, 2.45) is 0 Å². The number of unbranched alkanes of at least 4 members (excludes halogenated alkanes) is 2. The molecule has 0 aliphatic heterocycles. The normalized spacial score (nSPS) is 12.6. The number of allylic oxidation sites excluding steroid dienone is 1. The molecule has 0 spiro atoms. The van der Waals surface area contributed by atoms with E-state index in [0.717, 1.165) is 6.42 Å². The Morgan fingerprint density at radius 1 is 1.36 bits per heavy atom. The predicted molar refractivity (Wildman–Crippen MR) is 64.7 cm³/mol. The molecule has 76 valence electrons.